The first-order chi connectivity index (χ1) is 10.4. The van der Waals surface area contributed by atoms with Crippen LogP contribution in [0.3, 0.4) is 0 Å². The number of primary amides is 1. The molecule has 6 nitrogen and oxygen atoms in total. The number of hydrogen-bond donors (Lipinski definition) is 1. The average Bonchev–Trinajstić information content (AvgIpc) is 2.89. The zero-order valence-corrected chi connectivity index (χ0v) is 11.5. The summed E-state index contributed by atoms with van der Waals surface area (Å²) in [6, 6.07) is 3.21. The van der Waals surface area contributed by atoms with E-state index in [4.69, 9.17) is 5.73 Å². The number of halogens is 3. The number of anilines is 1. The Morgan fingerprint density at radius 1 is 1.36 bits per heavy atom. The van der Waals surface area contributed by atoms with Crippen LogP contribution in [0.4, 0.5) is 19.0 Å². The number of amides is 1. The van der Waals surface area contributed by atoms with Crippen LogP contribution in [-0.2, 0) is 0 Å². The highest BCUT2D eigenvalue weighted by Gasteiger charge is 2.42. The van der Waals surface area contributed by atoms with Crippen molar-refractivity contribution >= 4 is 17.4 Å². The highest BCUT2D eigenvalue weighted by molar-refractivity contribution is 5.91. The van der Waals surface area contributed by atoms with Crippen LogP contribution < -0.4 is 10.6 Å². The van der Waals surface area contributed by atoms with Crippen LogP contribution in [0.2, 0.25) is 0 Å². The fourth-order valence-electron chi connectivity index (χ4n) is 2.65. The first kappa shape index (κ1) is 14.6. The molecule has 1 unspecified atom stereocenters. The summed E-state index contributed by atoms with van der Waals surface area (Å²) in [6.45, 7) is 0.355. The molecule has 3 rings (SSSR count). The Bertz CT molecular complexity index is 711. The second-order valence-corrected chi connectivity index (χ2v) is 5.30. The summed E-state index contributed by atoms with van der Waals surface area (Å²) in [7, 11) is 0. The van der Waals surface area contributed by atoms with Gasteiger partial charge < -0.3 is 10.6 Å². The van der Waals surface area contributed by atoms with Gasteiger partial charge in [-0.05, 0) is 25.0 Å². The number of aromatic nitrogens is 3. The average molecular weight is 313 g/mol. The van der Waals surface area contributed by atoms with Gasteiger partial charge in [0.1, 0.15) is 11.5 Å². The molecular formula is C13H14F3N5O. The Morgan fingerprint density at radius 3 is 2.82 bits per heavy atom. The molecule has 0 aromatic carbocycles. The molecule has 0 spiro atoms. The van der Waals surface area contributed by atoms with Gasteiger partial charge in [-0.15, -0.1) is 5.10 Å². The molecule has 22 heavy (non-hydrogen) atoms. The Kier molecular flexibility index (Phi) is 3.42. The maximum absolute atomic E-state index is 12.9. The van der Waals surface area contributed by atoms with Gasteiger partial charge in [-0.25, -0.2) is 9.50 Å². The number of imidazole rings is 1. The fourth-order valence-corrected chi connectivity index (χ4v) is 2.65. The molecule has 2 aromatic rings. The summed E-state index contributed by atoms with van der Waals surface area (Å²) in [6.07, 6.45) is -2.35. The van der Waals surface area contributed by atoms with E-state index < -0.39 is 18.0 Å². The van der Waals surface area contributed by atoms with Crippen molar-refractivity contribution < 1.29 is 18.0 Å². The van der Waals surface area contributed by atoms with Gasteiger partial charge in [0.15, 0.2) is 5.65 Å². The molecule has 0 radical (unpaired) electrons. The normalized spacial score (nSPS) is 19.6. The van der Waals surface area contributed by atoms with E-state index in [0.29, 0.717) is 24.4 Å². The summed E-state index contributed by atoms with van der Waals surface area (Å²) in [5.41, 5.74) is 5.75. The van der Waals surface area contributed by atoms with Gasteiger partial charge in [0.25, 0.3) is 5.91 Å². The highest BCUT2D eigenvalue weighted by Crippen LogP contribution is 2.34. The van der Waals surface area contributed by atoms with E-state index in [1.807, 2.05) is 0 Å². The SMILES string of the molecule is NC(=O)c1cnc2ccc(N3CCCC(C(F)(F)F)C3)nn12. The molecular weight excluding hydrogens is 299 g/mol. The molecule has 1 saturated heterocycles. The maximum Gasteiger partial charge on any atom is 0.393 e. The van der Waals surface area contributed by atoms with Crippen LogP contribution in [0.5, 0.6) is 0 Å². The minimum absolute atomic E-state index is 0.0984. The van der Waals surface area contributed by atoms with Crippen molar-refractivity contribution in [1.82, 2.24) is 14.6 Å². The van der Waals surface area contributed by atoms with Crippen LogP contribution in [0, 0.1) is 5.92 Å². The van der Waals surface area contributed by atoms with Gasteiger partial charge in [-0.2, -0.15) is 13.2 Å². The lowest BCUT2D eigenvalue weighted by Crippen LogP contribution is -2.42. The monoisotopic (exact) mass is 313 g/mol. The molecule has 3 heterocycles. The number of piperidine rings is 1. The summed E-state index contributed by atoms with van der Waals surface area (Å²) >= 11 is 0. The number of nitrogens with two attached hydrogens (primary N) is 1. The topological polar surface area (TPSA) is 76.5 Å². The number of hydrogen-bond acceptors (Lipinski definition) is 4. The Labute approximate surface area is 123 Å². The number of carbonyl (C=O) groups excluding carboxylic acids is 1. The summed E-state index contributed by atoms with van der Waals surface area (Å²) < 4.78 is 39.9. The quantitative estimate of drug-likeness (QED) is 0.914. The highest BCUT2D eigenvalue weighted by atomic mass is 19.4. The van der Waals surface area contributed by atoms with Crippen molar-refractivity contribution in [2.45, 2.75) is 19.0 Å². The molecule has 118 valence electrons. The van der Waals surface area contributed by atoms with E-state index in [-0.39, 0.29) is 18.7 Å². The first-order valence-electron chi connectivity index (χ1n) is 6.82. The number of fused-ring (bicyclic) bond motifs is 1. The minimum atomic E-state index is -4.21. The molecule has 1 amide bonds. The number of rotatable bonds is 2. The van der Waals surface area contributed by atoms with E-state index in [9.17, 15) is 18.0 Å². The van der Waals surface area contributed by atoms with Gasteiger partial charge in [-0.1, -0.05) is 0 Å². The third-order valence-electron chi connectivity index (χ3n) is 3.81. The predicted molar refractivity (Wildman–Crippen MR) is 72.5 cm³/mol. The molecule has 1 atom stereocenters. The summed E-state index contributed by atoms with van der Waals surface area (Å²) in [4.78, 5) is 16.9. The second-order valence-electron chi connectivity index (χ2n) is 5.30. The first-order valence-corrected chi connectivity index (χ1v) is 6.82. The van der Waals surface area contributed by atoms with Crippen molar-refractivity contribution in [3.8, 4) is 0 Å². The molecule has 0 bridgehead atoms. The zero-order valence-electron chi connectivity index (χ0n) is 11.5. The van der Waals surface area contributed by atoms with Crippen molar-refractivity contribution in [3.63, 3.8) is 0 Å². The smallest absolute Gasteiger partial charge is 0.364 e. The van der Waals surface area contributed by atoms with E-state index in [0.717, 1.165) is 0 Å². The third kappa shape index (κ3) is 2.58. The molecule has 0 aliphatic carbocycles. The van der Waals surface area contributed by atoms with E-state index in [2.05, 4.69) is 10.1 Å². The van der Waals surface area contributed by atoms with Gasteiger partial charge in [0.2, 0.25) is 0 Å². The predicted octanol–water partition coefficient (Wildman–Crippen LogP) is 1.61. The van der Waals surface area contributed by atoms with E-state index >= 15 is 0 Å². The number of alkyl halides is 3. The lowest BCUT2D eigenvalue weighted by Gasteiger charge is -2.34. The lowest BCUT2D eigenvalue weighted by atomic mass is 9.97. The van der Waals surface area contributed by atoms with Crippen molar-refractivity contribution in [2.75, 3.05) is 18.0 Å². The van der Waals surface area contributed by atoms with E-state index in [1.165, 1.54) is 10.7 Å². The van der Waals surface area contributed by atoms with Crippen LogP contribution in [0.25, 0.3) is 5.65 Å². The van der Waals surface area contributed by atoms with Gasteiger partial charge in [0.05, 0.1) is 12.1 Å². The maximum atomic E-state index is 12.9. The number of carbonyl (C=O) groups is 1. The minimum Gasteiger partial charge on any atom is -0.364 e. The van der Waals surface area contributed by atoms with Crippen LogP contribution in [-0.4, -0.2) is 39.8 Å². The van der Waals surface area contributed by atoms with Crippen molar-refractivity contribution in [2.24, 2.45) is 11.7 Å². The molecule has 1 aliphatic rings. The zero-order chi connectivity index (χ0) is 15.9. The molecule has 2 N–H and O–H groups in total. The molecule has 2 aromatic heterocycles. The molecule has 9 heteroatoms. The van der Waals surface area contributed by atoms with Crippen molar-refractivity contribution in [1.29, 1.82) is 0 Å². The van der Waals surface area contributed by atoms with Crippen LogP contribution in [0.1, 0.15) is 23.3 Å². The van der Waals surface area contributed by atoms with E-state index in [1.54, 1.807) is 17.0 Å². The van der Waals surface area contributed by atoms with Crippen LogP contribution in [0.15, 0.2) is 18.3 Å². The van der Waals surface area contributed by atoms with Gasteiger partial charge in [0, 0.05) is 13.1 Å². The second kappa shape index (κ2) is 5.15. The Hall–Kier alpha value is -2.32. The lowest BCUT2D eigenvalue weighted by molar-refractivity contribution is -0.176. The summed E-state index contributed by atoms with van der Waals surface area (Å²) in [5.74, 6) is -1.68. The molecule has 1 fully saturated rings. The largest absolute Gasteiger partial charge is 0.393 e. The fraction of sp³-hybridized carbons (Fsp3) is 0.462. The Morgan fingerprint density at radius 2 is 2.14 bits per heavy atom. The Balaban J connectivity index is 1.92. The molecule has 0 saturated carbocycles. The third-order valence-corrected chi connectivity index (χ3v) is 3.81. The standard InChI is InChI=1S/C13H14F3N5O/c14-13(15,16)8-2-1-5-20(7-8)11-4-3-10-18-6-9(12(17)22)21(10)19-11/h3-4,6,8H,1-2,5,7H2,(H2,17,22). The van der Waals surface area contributed by atoms with Crippen molar-refractivity contribution in [3.05, 3.63) is 24.0 Å². The molecule has 1 aliphatic heterocycles. The van der Waals surface area contributed by atoms with Gasteiger partial charge >= 0.3 is 6.18 Å². The van der Waals surface area contributed by atoms with Crippen LogP contribution >= 0.6 is 0 Å². The summed E-state index contributed by atoms with van der Waals surface area (Å²) in [5, 5.41) is 4.21. The number of nitrogens with zero attached hydrogens (tertiary/aromatic N) is 4. The van der Waals surface area contributed by atoms with Gasteiger partial charge in [-0.3, -0.25) is 4.79 Å².